The molecule has 19 heavy (non-hydrogen) atoms. The van der Waals surface area contributed by atoms with Crippen LogP contribution in [0.25, 0.3) is 0 Å². The number of nitrogens with zero attached hydrogens (tertiary/aromatic N) is 3. The number of aryl methyl sites for hydroxylation is 1. The lowest BCUT2D eigenvalue weighted by molar-refractivity contribution is 0.346. The van der Waals surface area contributed by atoms with Gasteiger partial charge in [0, 0.05) is 19.0 Å². The largest absolute Gasteiger partial charge is 0.313 e. The molecular weight excluding hydrogens is 236 g/mol. The van der Waals surface area contributed by atoms with Crippen molar-refractivity contribution < 1.29 is 0 Å². The van der Waals surface area contributed by atoms with Crippen molar-refractivity contribution in [1.82, 2.24) is 20.1 Å². The average molecular weight is 264 g/mol. The predicted molar refractivity (Wildman–Crippen MR) is 78.1 cm³/mol. The Hall–Kier alpha value is -0.900. The summed E-state index contributed by atoms with van der Waals surface area (Å²) in [7, 11) is 0. The van der Waals surface area contributed by atoms with E-state index in [1.807, 2.05) is 0 Å². The van der Waals surface area contributed by atoms with Gasteiger partial charge in [0.2, 0.25) is 0 Å². The molecule has 1 saturated carbocycles. The van der Waals surface area contributed by atoms with E-state index in [0.717, 1.165) is 37.7 Å². The first-order valence-corrected chi connectivity index (χ1v) is 7.95. The van der Waals surface area contributed by atoms with Crippen molar-refractivity contribution in [2.24, 2.45) is 5.92 Å². The van der Waals surface area contributed by atoms with Crippen LogP contribution in [0.5, 0.6) is 0 Å². The van der Waals surface area contributed by atoms with Crippen LogP contribution < -0.4 is 5.32 Å². The Morgan fingerprint density at radius 3 is 2.79 bits per heavy atom. The molecule has 1 aromatic rings. The van der Waals surface area contributed by atoms with Gasteiger partial charge in [-0.05, 0) is 38.1 Å². The van der Waals surface area contributed by atoms with Gasteiger partial charge < -0.3 is 5.32 Å². The summed E-state index contributed by atoms with van der Waals surface area (Å²) in [5.41, 5.74) is 0. The summed E-state index contributed by atoms with van der Waals surface area (Å²) >= 11 is 0. The Morgan fingerprint density at radius 2 is 2.11 bits per heavy atom. The van der Waals surface area contributed by atoms with Crippen LogP contribution in [0.3, 0.4) is 0 Å². The van der Waals surface area contributed by atoms with Crippen molar-refractivity contribution in [3.8, 4) is 0 Å². The maximum Gasteiger partial charge on any atom is 0.138 e. The molecule has 0 bridgehead atoms. The van der Waals surface area contributed by atoms with Gasteiger partial charge in [0.25, 0.3) is 0 Å². The van der Waals surface area contributed by atoms with E-state index in [4.69, 9.17) is 0 Å². The first-order valence-electron chi connectivity index (χ1n) is 7.95. The summed E-state index contributed by atoms with van der Waals surface area (Å²) in [6.45, 7) is 6.52. The molecular formula is C15H28N4. The lowest BCUT2D eigenvalue weighted by Gasteiger charge is -2.24. The molecule has 4 nitrogen and oxygen atoms in total. The first-order chi connectivity index (χ1) is 9.35. The van der Waals surface area contributed by atoms with Crippen molar-refractivity contribution >= 4 is 0 Å². The van der Waals surface area contributed by atoms with Crippen molar-refractivity contribution in [3.63, 3.8) is 0 Å². The Morgan fingerprint density at radius 1 is 1.32 bits per heavy atom. The predicted octanol–water partition coefficient (Wildman–Crippen LogP) is 2.79. The van der Waals surface area contributed by atoms with E-state index in [1.54, 1.807) is 6.33 Å². The number of hydrogen-bond donors (Lipinski definition) is 1. The Bertz CT molecular complexity index is 355. The molecule has 4 heteroatoms. The molecule has 0 spiro atoms. The average Bonchev–Trinajstić information content (AvgIpc) is 3.06. The van der Waals surface area contributed by atoms with Crippen molar-refractivity contribution in [2.75, 3.05) is 6.54 Å². The van der Waals surface area contributed by atoms with Crippen molar-refractivity contribution in [2.45, 2.75) is 71.4 Å². The minimum Gasteiger partial charge on any atom is -0.313 e. The summed E-state index contributed by atoms with van der Waals surface area (Å²) in [5, 5.41) is 8.08. The van der Waals surface area contributed by atoms with E-state index in [2.05, 4.69) is 33.9 Å². The number of hydrogen-bond acceptors (Lipinski definition) is 3. The summed E-state index contributed by atoms with van der Waals surface area (Å²) in [4.78, 5) is 4.47. The third kappa shape index (κ3) is 4.03. The van der Waals surface area contributed by atoms with Crippen LogP contribution >= 0.6 is 0 Å². The van der Waals surface area contributed by atoms with Gasteiger partial charge in [0.15, 0.2) is 0 Å². The molecule has 1 fully saturated rings. The van der Waals surface area contributed by atoms with Crippen LogP contribution in [0.1, 0.15) is 58.2 Å². The minimum atomic E-state index is 0.585. The fourth-order valence-corrected chi connectivity index (χ4v) is 3.14. The topological polar surface area (TPSA) is 42.7 Å². The normalized spacial score (nSPS) is 18.0. The van der Waals surface area contributed by atoms with Crippen molar-refractivity contribution in [1.29, 1.82) is 0 Å². The second-order valence-corrected chi connectivity index (χ2v) is 5.71. The SMILES string of the molecule is CCCNC(Cc1ncnn1CCC)C1CCCC1. The highest BCUT2D eigenvalue weighted by Gasteiger charge is 2.26. The van der Waals surface area contributed by atoms with Crippen LogP contribution in [-0.2, 0) is 13.0 Å². The summed E-state index contributed by atoms with van der Waals surface area (Å²) in [6, 6.07) is 0.585. The second kappa shape index (κ2) is 7.63. The summed E-state index contributed by atoms with van der Waals surface area (Å²) < 4.78 is 2.08. The smallest absolute Gasteiger partial charge is 0.138 e. The lowest BCUT2D eigenvalue weighted by atomic mass is 9.95. The zero-order chi connectivity index (χ0) is 13.5. The highest BCUT2D eigenvalue weighted by molar-refractivity contribution is 4.93. The van der Waals surface area contributed by atoms with Gasteiger partial charge in [-0.15, -0.1) is 0 Å². The maximum atomic E-state index is 4.47. The van der Waals surface area contributed by atoms with Crippen LogP contribution in [0.15, 0.2) is 6.33 Å². The Labute approximate surface area is 117 Å². The fourth-order valence-electron chi connectivity index (χ4n) is 3.14. The molecule has 1 aromatic heterocycles. The zero-order valence-electron chi connectivity index (χ0n) is 12.4. The lowest BCUT2D eigenvalue weighted by Crippen LogP contribution is -2.38. The number of rotatable bonds is 8. The standard InChI is InChI=1S/C15H28N4/c1-3-9-16-14(13-7-5-6-8-13)11-15-17-12-18-19(15)10-4-2/h12-14,16H,3-11H2,1-2H3. The van der Waals surface area contributed by atoms with E-state index in [1.165, 1.54) is 32.1 Å². The van der Waals surface area contributed by atoms with Crippen LogP contribution in [0.4, 0.5) is 0 Å². The van der Waals surface area contributed by atoms with Crippen molar-refractivity contribution in [3.05, 3.63) is 12.2 Å². The Kier molecular flexibility index (Phi) is 5.83. The van der Waals surface area contributed by atoms with E-state index >= 15 is 0 Å². The van der Waals surface area contributed by atoms with Gasteiger partial charge in [-0.25, -0.2) is 4.98 Å². The van der Waals surface area contributed by atoms with Crippen LogP contribution in [0.2, 0.25) is 0 Å². The molecule has 0 aliphatic heterocycles. The Balaban J connectivity index is 1.99. The fraction of sp³-hybridized carbons (Fsp3) is 0.867. The third-order valence-electron chi connectivity index (χ3n) is 4.16. The summed E-state index contributed by atoms with van der Waals surface area (Å²) in [5.74, 6) is 1.99. The van der Waals surface area contributed by atoms with E-state index in [-0.39, 0.29) is 0 Å². The number of nitrogens with one attached hydrogen (secondary N) is 1. The van der Waals surface area contributed by atoms with Gasteiger partial charge in [-0.3, -0.25) is 4.68 Å². The molecule has 0 radical (unpaired) electrons. The van der Waals surface area contributed by atoms with Gasteiger partial charge in [-0.1, -0.05) is 26.7 Å². The molecule has 108 valence electrons. The maximum absolute atomic E-state index is 4.47. The zero-order valence-corrected chi connectivity index (χ0v) is 12.4. The highest BCUT2D eigenvalue weighted by atomic mass is 15.3. The molecule has 0 amide bonds. The molecule has 1 aliphatic carbocycles. The van der Waals surface area contributed by atoms with E-state index in [9.17, 15) is 0 Å². The molecule has 1 N–H and O–H groups in total. The van der Waals surface area contributed by atoms with Gasteiger partial charge in [0.05, 0.1) is 0 Å². The van der Waals surface area contributed by atoms with Crippen LogP contribution in [0, 0.1) is 5.92 Å². The second-order valence-electron chi connectivity index (χ2n) is 5.71. The molecule has 1 heterocycles. The molecule has 2 rings (SSSR count). The van der Waals surface area contributed by atoms with Gasteiger partial charge in [0.1, 0.15) is 12.2 Å². The highest BCUT2D eigenvalue weighted by Crippen LogP contribution is 2.29. The summed E-state index contributed by atoms with van der Waals surface area (Å²) in [6.07, 6.45) is 10.6. The van der Waals surface area contributed by atoms with Gasteiger partial charge in [-0.2, -0.15) is 5.10 Å². The first kappa shape index (κ1) is 14.5. The minimum absolute atomic E-state index is 0.585. The third-order valence-corrected chi connectivity index (χ3v) is 4.16. The van der Waals surface area contributed by atoms with E-state index in [0.29, 0.717) is 6.04 Å². The molecule has 1 atom stereocenters. The number of aromatic nitrogens is 3. The molecule has 1 unspecified atom stereocenters. The quantitative estimate of drug-likeness (QED) is 0.785. The molecule has 0 saturated heterocycles. The molecule has 0 aromatic carbocycles. The molecule has 1 aliphatic rings. The monoisotopic (exact) mass is 264 g/mol. The van der Waals surface area contributed by atoms with Gasteiger partial charge >= 0.3 is 0 Å². The van der Waals surface area contributed by atoms with E-state index < -0.39 is 0 Å². The van der Waals surface area contributed by atoms with Crippen LogP contribution in [-0.4, -0.2) is 27.4 Å².